The molecule has 0 bridgehead atoms. The smallest absolute Gasteiger partial charge is 0.0252 e. The summed E-state index contributed by atoms with van der Waals surface area (Å²) in [7, 11) is 0. The fraction of sp³-hybridized carbons (Fsp3) is 1.00. The summed E-state index contributed by atoms with van der Waals surface area (Å²) < 4.78 is 0. The lowest BCUT2D eigenvalue weighted by Crippen LogP contribution is -2.46. The van der Waals surface area contributed by atoms with Crippen LogP contribution in [-0.2, 0) is 0 Å². The Morgan fingerprint density at radius 2 is 2.15 bits per heavy atom. The van der Waals surface area contributed by atoms with Gasteiger partial charge in [0.2, 0.25) is 0 Å². The number of hydrogen-bond acceptors (Lipinski definition) is 2. The molecule has 78 valence electrons. The lowest BCUT2D eigenvalue weighted by atomic mass is 10.00. The molecule has 1 aliphatic heterocycles. The Bertz CT molecular complexity index is 154. The maximum Gasteiger partial charge on any atom is 0.0252 e. The van der Waals surface area contributed by atoms with E-state index in [9.17, 15) is 0 Å². The SMILES string of the molecule is CCC1CCN(CC(C)(N)CC)C1. The molecular weight excluding hydrogens is 160 g/mol. The maximum atomic E-state index is 6.14. The summed E-state index contributed by atoms with van der Waals surface area (Å²) in [6.07, 6.45) is 3.76. The molecule has 1 heterocycles. The first-order valence-electron chi connectivity index (χ1n) is 5.58. The molecule has 2 N–H and O–H groups in total. The van der Waals surface area contributed by atoms with E-state index in [1.54, 1.807) is 0 Å². The topological polar surface area (TPSA) is 29.3 Å². The van der Waals surface area contributed by atoms with Crippen molar-refractivity contribution in [1.29, 1.82) is 0 Å². The normalized spacial score (nSPS) is 29.1. The van der Waals surface area contributed by atoms with E-state index in [0.717, 1.165) is 18.9 Å². The molecule has 1 rings (SSSR count). The molecule has 0 aromatic heterocycles. The van der Waals surface area contributed by atoms with Crippen LogP contribution in [0.15, 0.2) is 0 Å². The molecule has 1 saturated heterocycles. The Morgan fingerprint density at radius 3 is 2.62 bits per heavy atom. The van der Waals surface area contributed by atoms with E-state index < -0.39 is 0 Å². The standard InChI is InChI=1S/C11H24N2/c1-4-10-6-7-13(8-10)9-11(3,12)5-2/h10H,4-9,12H2,1-3H3. The minimum absolute atomic E-state index is 0.0165. The van der Waals surface area contributed by atoms with Crippen molar-refractivity contribution < 1.29 is 0 Å². The molecule has 0 spiro atoms. The van der Waals surface area contributed by atoms with Gasteiger partial charge in [-0.3, -0.25) is 0 Å². The highest BCUT2D eigenvalue weighted by atomic mass is 15.2. The van der Waals surface area contributed by atoms with Gasteiger partial charge in [-0.05, 0) is 32.2 Å². The van der Waals surface area contributed by atoms with Gasteiger partial charge in [-0.25, -0.2) is 0 Å². The highest BCUT2D eigenvalue weighted by Crippen LogP contribution is 2.21. The van der Waals surface area contributed by atoms with E-state index in [4.69, 9.17) is 5.73 Å². The van der Waals surface area contributed by atoms with Gasteiger partial charge in [-0.2, -0.15) is 0 Å². The Hall–Kier alpha value is -0.0800. The lowest BCUT2D eigenvalue weighted by Gasteiger charge is -2.28. The quantitative estimate of drug-likeness (QED) is 0.722. The Kier molecular flexibility index (Phi) is 3.74. The number of likely N-dealkylation sites (tertiary alicyclic amines) is 1. The fourth-order valence-corrected chi connectivity index (χ4v) is 2.01. The molecule has 1 aliphatic rings. The van der Waals surface area contributed by atoms with Gasteiger partial charge < -0.3 is 10.6 Å². The van der Waals surface area contributed by atoms with Gasteiger partial charge in [0.05, 0.1) is 0 Å². The molecular formula is C11H24N2. The summed E-state index contributed by atoms with van der Waals surface area (Å²) in [5.74, 6) is 0.924. The highest BCUT2D eigenvalue weighted by molar-refractivity contribution is 4.85. The molecule has 2 nitrogen and oxygen atoms in total. The van der Waals surface area contributed by atoms with Crippen molar-refractivity contribution in [2.45, 2.75) is 45.6 Å². The zero-order chi connectivity index (χ0) is 9.90. The number of nitrogens with two attached hydrogens (primary N) is 1. The minimum atomic E-state index is 0.0165. The van der Waals surface area contributed by atoms with E-state index >= 15 is 0 Å². The zero-order valence-electron chi connectivity index (χ0n) is 9.34. The molecule has 0 amide bonds. The van der Waals surface area contributed by atoms with Gasteiger partial charge in [0.15, 0.2) is 0 Å². The van der Waals surface area contributed by atoms with Crippen LogP contribution in [0.2, 0.25) is 0 Å². The van der Waals surface area contributed by atoms with Crippen LogP contribution in [0.1, 0.15) is 40.0 Å². The second kappa shape index (κ2) is 4.43. The first-order valence-corrected chi connectivity index (χ1v) is 5.58. The third-order valence-corrected chi connectivity index (χ3v) is 3.34. The summed E-state index contributed by atoms with van der Waals surface area (Å²) in [5, 5.41) is 0. The van der Waals surface area contributed by atoms with Gasteiger partial charge in [-0.15, -0.1) is 0 Å². The molecule has 0 aromatic carbocycles. The molecule has 0 saturated carbocycles. The monoisotopic (exact) mass is 184 g/mol. The van der Waals surface area contributed by atoms with Crippen molar-refractivity contribution in [1.82, 2.24) is 4.90 Å². The molecule has 2 atom stereocenters. The van der Waals surface area contributed by atoms with Crippen LogP contribution in [0.5, 0.6) is 0 Å². The number of hydrogen-bond donors (Lipinski definition) is 1. The van der Waals surface area contributed by atoms with Crippen molar-refractivity contribution in [3.8, 4) is 0 Å². The van der Waals surface area contributed by atoms with Crippen molar-refractivity contribution >= 4 is 0 Å². The minimum Gasteiger partial charge on any atom is -0.324 e. The predicted octanol–water partition coefficient (Wildman–Crippen LogP) is 1.85. The first kappa shape index (κ1) is 11.0. The van der Waals surface area contributed by atoms with E-state index in [1.807, 2.05) is 0 Å². The van der Waals surface area contributed by atoms with Crippen molar-refractivity contribution in [3.63, 3.8) is 0 Å². The highest BCUT2D eigenvalue weighted by Gasteiger charge is 2.26. The lowest BCUT2D eigenvalue weighted by molar-refractivity contribution is 0.245. The summed E-state index contributed by atoms with van der Waals surface area (Å²) in [6.45, 7) is 10.2. The third-order valence-electron chi connectivity index (χ3n) is 3.34. The molecule has 0 aromatic rings. The van der Waals surface area contributed by atoms with E-state index in [1.165, 1.54) is 25.9 Å². The van der Waals surface area contributed by atoms with Gasteiger partial charge in [-0.1, -0.05) is 20.3 Å². The molecule has 13 heavy (non-hydrogen) atoms. The molecule has 2 heteroatoms. The van der Waals surface area contributed by atoms with Crippen LogP contribution >= 0.6 is 0 Å². The van der Waals surface area contributed by atoms with E-state index in [2.05, 4.69) is 25.7 Å². The van der Waals surface area contributed by atoms with Gasteiger partial charge in [0.1, 0.15) is 0 Å². The van der Waals surface area contributed by atoms with Crippen LogP contribution in [-0.4, -0.2) is 30.1 Å². The molecule has 0 radical (unpaired) electrons. The third kappa shape index (κ3) is 3.28. The number of nitrogens with zero attached hydrogens (tertiary/aromatic N) is 1. The van der Waals surface area contributed by atoms with Crippen LogP contribution in [0.3, 0.4) is 0 Å². The predicted molar refractivity (Wildman–Crippen MR) is 57.7 cm³/mol. The second-order valence-corrected chi connectivity index (χ2v) is 4.81. The molecule has 2 unspecified atom stereocenters. The first-order chi connectivity index (χ1) is 6.07. The Labute approximate surface area is 82.5 Å². The largest absolute Gasteiger partial charge is 0.324 e. The van der Waals surface area contributed by atoms with Crippen molar-refractivity contribution in [3.05, 3.63) is 0 Å². The van der Waals surface area contributed by atoms with Gasteiger partial charge in [0.25, 0.3) is 0 Å². The Morgan fingerprint density at radius 1 is 1.46 bits per heavy atom. The van der Waals surface area contributed by atoms with Gasteiger partial charge >= 0.3 is 0 Å². The van der Waals surface area contributed by atoms with Crippen LogP contribution in [0.4, 0.5) is 0 Å². The summed E-state index contributed by atoms with van der Waals surface area (Å²) in [5.41, 5.74) is 6.16. The maximum absolute atomic E-state index is 6.14. The van der Waals surface area contributed by atoms with Gasteiger partial charge in [0, 0.05) is 18.6 Å². The van der Waals surface area contributed by atoms with Crippen LogP contribution in [0, 0.1) is 5.92 Å². The Balaban J connectivity index is 2.31. The number of rotatable bonds is 4. The molecule has 1 fully saturated rings. The summed E-state index contributed by atoms with van der Waals surface area (Å²) >= 11 is 0. The van der Waals surface area contributed by atoms with Crippen LogP contribution < -0.4 is 5.73 Å². The second-order valence-electron chi connectivity index (χ2n) is 4.81. The average Bonchev–Trinajstić information content (AvgIpc) is 2.52. The van der Waals surface area contributed by atoms with E-state index in [-0.39, 0.29) is 5.54 Å². The van der Waals surface area contributed by atoms with Crippen LogP contribution in [0.25, 0.3) is 0 Å². The summed E-state index contributed by atoms with van der Waals surface area (Å²) in [4.78, 5) is 2.53. The fourth-order valence-electron chi connectivity index (χ4n) is 2.01. The van der Waals surface area contributed by atoms with E-state index in [0.29, 0.717) is 0 Å². The molecule has 0 aliphatic carbocycles. The zero-order valence-corrected chi connectivity index (χ0v) is 9.34. The van der Waals surface area contributed by atoms with Crippen molar-refractivity contribution in [2.24, 2.45) is 11.7 Å². The summed E-state index contributed by atoms with van der Waals surface area (Å²) in [6, 6.07) is 0. The van der Waals surface area contributed by atoms with Crippen molar-refractivity contribution in [2.75, 3.05) is 19.6 Å². The average molecular weight is 184 g/mol.